The maximum atomic E-state index is 12.8. The fourth-order valence-corrected chi connectivity index (χ4v) is 9.13. The SMILES string of the molecule is CCOC(=O)C[N@@+]12[C@H](O)[C@@H](CC)[C@@H]3C[C@H]1[C@@H]1N(C)c4ccccc4[C@@]14C[C@H]2[C@@H]3[C@@H]4O. The van der Waals surface area contributed by atoms with Crippen LogP contribution in [0.3, 0.4) is 0 Å². The van der Waals surface area contributed by atoms with Gasteiger partial charge in [-0.05, 0) is 30.9 Å². The van der Waals surface area contributed by atoms with Crippen molar-refractivity contribution in [1.82, 2.24) is 0 Å². The molecule has 10 atom stereocenters. The van der Waals surface area contributed by atoms with Gasteiger partial charge >= 0.3 is 5.97 Å². The topological polar surface area (TPSA) is 70.0 Å². The van der Waals surface area contributed by atoms with Gasteiger partial charge in [0.25, 0.3) is 0 Å². The van der Waals surface area contributed by atoms with Gasteiger partial charge in [-0.3, -0.25) is 4.48 Å². The Labute approximate surface area is 178 Å². The monoisotopic (exact) mass is 413 g/mol. The summed E-state index contributed by atoms with van der Waals surface area (Å²) in [5, 5.41) is 23.7. The van der Waals surface area contributed by atoms with Crippen LogP contribution >= 0.6 is 0 Å². The number of fused-ring (bicyclic) bond motifs is 2. The molecule has 5 aliphatic heterocycles. The zero-order valence-electron chi connectivity index (χ0n) is 18.1. The number of ether oxygens (including phenoxy) is 1. The molecule has 1 saturated carbocycles. The molecule has 7 rings (SSSR count). The lowest BCUT2D eigenvalue weighted by Gasteiger charge is -2.67. The minimum Gasteiger partial charge on any atom is -0.462 e. The number of aliphatic hydroxyl groups excluding tert-OH is 2. The van der Waals surface area contributed by atoms with Gasteiger partial charge in [0.05, 0.1) is 30.2 Å². The van der Waals surface area contributed by atoms with Crippen molar-refractivity contribution in [2.24, 2.45) is 17.8 Å². The first kappa shape index (κ1) is 19.1. The number of likely N-dealkylation sites (N-methyl/N-ethyl adjacent to an activating group) is 1. The molecule has 1 aromatic carbocycles. The van der Waals surface area contributed by atoms with Gasteiger partial charge in [-0.25, -0.2) is 4.79 Å². The molecule has 0 unspecified atom stereocenters. The number of carbonyl (C=O) groups excluding carboxylic acids is 1. The predicted molar refractivity (Wildman–Crippen MR) is 112 cm³/mol. The van der Waals surface area contributed by atoms with Gasteiger partial charge in [-0.2, -0.15) is 0 Å². The van der Waals surface area contributed by atoms with Gasteiger partial charge in [-0.15, -0.1) is 0 Å². The average molecular weight is 414 g/mol. The molecular formula is C24H33N2O4+. The van der Waals surface area contributed by atoms with E-state index in [0.29, 0.717) is 17.0 Å². The maximum absolute atomic E-state index is 12.8. The summed E-state index contributed by atoms with van der Waals surface area (Å²) in [6.45, 7) is 4.55. The third kappa shape index (κ3) is 1.83. The summed E-state index contributed by atoms with van der Waals surface area (Å²) in [4.78, 5) is 15.2. The fraction of sp³-hybridized carbons (Fsp3) is 0.708. The number of piperidine rings is 4. The van der Waals surface area contributed by atoms with E-state index in [1.54, 1.807) is 0 Å². The molecule has 0 amide bonds. The van der Waals surface area contributed by atoms with Crippen LogP contribution in [0.2, 0.25) is 0 Å². The van der Waals surface area contributed by atoms with Crippen LogP contribution in [0.15, 0.2) is 24.3 Å². The van der Waals surface area contributed by atoms with E-state index in [9.17, 15) is 15.0 Å². The number of hydrogen-bond donors (Lipinski definition) is 2. The Morgan fingerprint density at radius 1 is 1.27 bits per heavy atom. The number of para-hydroxylation sites is 1. The van der Waals surface area contributed by atoms with E-state index < -0.39 is 12.3 Å². The molecule has 1 aromatic rings. The summed E-state index contributed by atoms with van der Waals surface area (Å²) in [7, 11) is 2.14. The molecule has 162 valence electrons. The summed E-state index contributed by atoms with van der Waals surface area (Å²) in [6.07, 6.45) is 1.69. The Hall–Kier alpha value is -1.63. The number of carbonyl (C=O) groups is 1. The molecule has 2 N–H and O–H groups in total. The number of quaternary nitrogens is 1. The second-order valence-electron chi connectivity index (χ2n) is 10.3. The Morgan fingerprint density at radius 3 is 2.77 bits per heavy atom. The van der Waals surface area contributed by atoms with E-state index in [-0.39, 0.29) is 47.9 Å². The lowest BCUT2D eigenvalue weighted by atomic mass is 9.60. The quantitative estimate of drug-likeness (QED) is 0.580. The van der Waals surface area contributed by atoms with Crippen LogP contribution in [0.5, 0.6) is 0 Å². The molecular weight excluding hydrogens is 380 g/mol. The highest BCUT2D eigenvalue weighted by Gasteiger charge is 2.83. The molecule has 30 heavy (non-hydrogen) atoms. The molecule has 6 nitrogen and oxygen atoms in total. The van der Waals surface area contributed by atoms with Crippen LogP contribution in [0, 0.1) is 17.8 Å². The summed E-state index contributed by atoms with van der Waals surface area (Å²) in [5.41, 5.74) is 2.17. The van der Waals surface area contributed by atoms with Crippen LogP contribution in [-0.2, 0) is 14.9 Å². The summed E-state index contributed by atoms with van der Waals surface area (Å²) in [5.74, 6) is 0.361. The number of rotatable bonds is 4. The second kappa shape index (κ2) is 5.99. The Balaban J connectivity index is 1.57. The van der Waals surface area contributed by atoms with Crippen molar-refractivity contribution in [1.29, 1.82) is 0 Å². The van der Waals surface area contributed by atoms with E-state index >= 15 is 0 Å². The van der Waals surface area contributed by atoms with Crippen molar-refractivity contribution in [2.75, 3.05) is 25.1 Å². The summed E-state index contributed by atoms with van der Waals surface area (Å²) < 4.78 is 5.81. The molecule has 5 bridgehead atoms. The van der Waals surface area contributed by atoms with Crippen molar-refractivity contribution in [3.63, 3.8) is 0 Å². The molecule has 0 aromatic heterocycles. The molecule has 4 saturated heterocycles. The third-order valence-electron chi connectivity index (χ3n) is 9.83. The lowest BCUT2D eigenvalue weighted by Crippen LogP contribution is -2.83. The third-order valence-corrected chi connectivity index (χ3v) is 9.83. The van der Waals surface area contributed by atoms with E-state index in [1.165, 1.54) is 11.3 Å². The molecule has 0 radical (unpaired) electrons. The first-order chi connectivity index (χ1) is 14.4. The number of aliphatic hydroxyl groups is 2. The maximum Gasteiger partial charge on any atom is 0.361 e. The Kier molecular flexibility index (Phi) is 3.81. The smallest absolute Gasteiger partial charge is 0.361 e. The van der Waals surface area contributed by atoms with Gasteiger partial charge in [-0.1, -0.05) is 25.1 Å². The van der Waals surface area contributed by atoms with Crippen LogP contribution in [0.4, 0.5) is 5.69 Å². The normalized spacial score (nSPS) is 49.3. The molecule has 5 heterocycles. The highest BCUT2D eigenvalue weighted by molar-refractivity contribution is 5.71. The van der Waals surface area contributed by atoms with Gasteiger partial charge in [0, 0.05) is 37.4 Å². The zero-order valence-corrected chi connectivity index (χ0v) is 18.1. The van der Waals surface area contributed by atoms with Crippen LogP contribution < -0.4 is 4.90 Å². The van der Waals surface area contributed by atoms with Crippen LogP contribution in [-0.4, -0.2) is 71.3 Å². The lowest BCUT2D eigenvalue weighted by molar-refractivity contribution is -1.03. The largest absolute Gasteiger partial charge is 0.462 e. The Bertz CT molecular complexity index is 907. The zero-order chi connectivity index (χ0) is 21.0. The van der Waals surface area contributed by atoms with Crippen molar-refractivity contribution >= 4 is 11.7 Å². The van der Waals surface area contributed by atoms with Gasteiger partial charge in [0.1, 0.15) is 6.04 Å². The number of hydrogen-bond acceptors (Lipinski definition) is 5. The molecule has 5 fully saturated rings. The minimum atomic E-state index is -0.565. The van der Waals surface area contributed by atoms with Crippen LogP contribution in [0.1, 0.15) is 38.7 Å². The standard InChI is InChI=1S/C24H33N2O4/c1-4-13-14-10-17-21-24(15-8-6-7-9-16(15)25(21)3)11-18(20(14)22(24)28)26(17,23(13)29)12-19(27)30-5-2/h6-9,13-14,17-18,20-23,28-29H,4-5,10-12H2,1-3H3/q+1/t13-,14-,17-,18-,20+,21-,22-,23+,24-,26+/m0/s1. The van der Waals surface area contributed by atoms with Crippen molar-refractivity contribution in [2.45, 2.75) is 69.0 Å². The van der Waals surface area contributed by atoms with Gasteiger partial charge < -0.3 is 19.8 Å². The molecule has 1 spiro atoms. The van der Waals surface area contributed by atoms with E-state index in [0.717, 1.165) is 19.3 Å². The highest BCUT2D eigenvalue weighted by Crippen LogP contribution is 2.71. The van der Waals surface area contributed by atoms with E-state index in [1.807, 2.05) is 6.92 Å². The van der Waals surface area contributed by atoms with Crippen molar-refractivity contribution < 1.29 is 24.2 Å². The predicted octanol–water partition coefficient (Wildman–Crippen LogP) is 1.63. The minimum absolute atomic E-state index is 0.0954. The first-order valence-corrected chi connectivity index (χ1v) is 11.6. The number of anilines is 1. The Morgan fingerprint density at radius 2 is 2.03 bits per heavy atom. The highest BCUT2D eigenvalue weighted by atomic mass is 16.5. The summed E-state index contributed by atoms with van der Waals surface area (Å²) in [6, 6.07) is 8.84. The second-order valence-corrected chi connectivity index (χ2v) is 10.3. The number of benzene rings is 1. The number of nitrogens with zero attached hydrogens (tertiary/aromatic N) is 2. The van der Waals surface area contributed by atoms with E-state index in [2.05, 4.69) is 43.1 Å². The van der Waals surface area contributed by atoms with Gasteiger partial charge in [0.15, 0.2) is 12.8 Å². The molecule has 1 aliphatic carbocycles. The summed E-state index contributed by atoms with van der Waals surface area (Å²) >= 11 is 0. The van der Waals surface area contributed by atoms with Crippen LogP contribution in [0.25, 0.3) is 0 Å². The number of esters is 1. The van der Waals surface area contributed by atoms with E-state index in [4.69, 9.17) is 4.74 Å². The van der Waals surface area contributed by atoms with Crippen molar-refractivity contribution in [3.8, 4) is 0 Å². The molecule has 6 aliphatic rings. The first-order valence-electron chi connectivity index (χ1n) is 11.6. The van der Waals surface area contributed by atoms with Crippen molar-refractivity contribution in [3.05, 3.63) is 29.8 Å². The average Bonchev–Trinajstić information content (AvgIpc) is 3.11. The molecule has 6 heteroatoms. The van der Waals surface area contributed by atoms with Gasteiger partial charge in [0.2, 0.25) is 0 Å². The fourth-order valence-electron chi connectivity index (χ4n) is 9.13.